The maximum atomic E-state index is 12.6. The van der Waals surface area contributed by atoms with Crippen LogP contribution in [-0.4, -0.2) is 50.6 Å². The monoisotopic (exact) mass is 375 g/mol. The molecule has 0 spiro atoms. The van der Waals surface area contributed by atoms with Gasteiger partial charge in [0, 0.05) is 30.6 Å². The molecule has 142 valence electrons. The van der Waals surface area contributed by atoms with E-state index in [2.05, 4.69) is 20.0 Å². The fourth-order valence-electron chi connectivity index (χ4n) is 3.33. The second-order valence-corrected chi connectivity index (χ2v) is 6.02. The minimum absolute atomic E-state index is 0.323. The molecule has 2 fully saturated rings. The Morgan fingerprint density at radius 1 is 1.44 bits per heavy atom. The fourth-order valence-corrected chi connectivity index (χ4v) is 3.33. The molecule has 0 aromatic carbocycles. The fraction of sp³-hybridized carbons (Fsp3) is 0.533. The lowest BCUT2D eigenvalue weighted by Gasteiger charge is -2.27. The molecular weight excluding hydrogens is 358 g/mol. The van der Waals surface area contributed by atoms with Crippen molar-refractivity contribution in [2.24, 2.45) is 5.11 Å². The van der Waals surface area contributed by atoms with Crippen molar-refractivity contribution >= 4 is 0 Å². The Bertz CT molecular complexity index is 925. The Morgan fingerprint density at radius 3 is 2.93 bits per heavy atom. The first kappa shape index (κ1) is 17.6. The molecule has 5 atom stereocenters. The summed E-state index contributed by atoms with van der Waals surface area (Å²) in [7, 11) is 1.43. The van der Waals surface area contributed by atoms with Crippen molar-refractivity contribution in [3.63, 3.8) is 0 Å². The van der Waals surface area contributed by atoms with Gasteiger partial charge in [0.2, 0.25) is 0 Å². The highest BCUT2D eigenvalue weighted by Crippen LogP contribution is 2.47. The Balaban J connectivity index is 1.73. The van der Waals surface area contributed by atoms with Gasteiger partial charge in [-0.2, -0.15) is 4.98 Å². The molecule has 4 rings (SSSR count). The van der Waals surface area contributed by atoms with Gasteiger partial charge in [-0.05, 0) is 18.0 Å². The van der Waals surface area contributed by atoms with Crippen LogP contribution in [0.25, 0.3) is 16.3 Å². The van der Waals surface area contributed by atoms with Gasteiger partial charge in [-0.25, -0.2) is 9.78 Å². The van der Waals surface area contributed by atoms with E-state index in [1.165, 1.54) is 24.2 Å². The lowest BCUT2D eigenvalue weighted by Crippen LogP contribution is -2.39. The number of nitrogens with zero attached hydrogens (tertiary/aromatic N) is 7. The largest absolute Gasteiger partial charge is 0.351 e. The Labute approximate surface area is 152 Å². The zero-order chi connectivity index (χ0) is 19.0. The van der Waals surface area contributed by atoms with E-state index in [0.717, 1.165) is 0 Å². The third-order valence-corrected chi connectivity index (χ3v) is 4.65. The summed E-state index contributed by atoms with van der Waals surface area (Å²) in [5.41, 5.74) is 7.11. The van der Waals surface area contributed by atoms with E-state index >= 15 is 0 Å². The summed E-state index contributed by atoms with van der Waals surface area (Å²) in [6.07, 6.45) is 4.33. The van der Waals surface area contributed by atoms with Gasteiger partial charge in [0.15, 0.2) is 12.0 Å². The highest BCUT2D eigenvalue weighted by atomic mass is 16.9. The molecule has 0 amide bonds. The molecule has 2 aromatic rings. The highest BCUT2D eigenvalue weighted by molar-refractivity contribution is 5.19. The second kappa shape index (κ2) is 6.76. The Morgan fingerprint density at radius 2 is 2.30 bits per heavy atom. The van der Waals surface area contributed by atoms with Crippen LogP contribution in [-0.2, 0) is 18.9 Å². The molecule has 2 aliphatic rings. The zero-order valence-corrected chi connectivity index (χ0v) is 14.6. The van der Waals surface area contributed by atoms with Crippen LogP contribution in [0.2, 0.25) is 0 Å². The molecule has 12 nitrogen and oxygen atoms in total. The van der Waals surface area contributed by atoms with E-state index in [4.69, 9.17) is 24.5 Å². The van der Waals surface area contributed by atoms with Gasteiger partial charge in [0.1, 0.15) is 24.4 Å². The van der Waals surface area contributed by atoms with E-state index in [9.17, 15) is 4.79 Å². The van der Waals surface area contributed by atoms with E-state index in [1.807, 2.05) is 0 Å². The topological polar surface area (TPSA) is 138 Å². The molecule has 2 aliphatic heterocycles. The van der Waals surface area contributed by atoms with Crippen LogP contribution in [0, 0.1) is 0 Å². The third kappa shape index (κ3) is 2.80. The molecule has 0 N–H and O–H groups in total. The van der Waals surface area contributed by atoms with Gasteiger partial charge in [0.25, 0.3) is 6.48 Å². The molecule has 12 heteroatoms. The lowest BCUT2D eigenvalue weighted by atomic mass is 10.0. The van der Waals surface area contributed by atoms with Crippen molar-refractivity contribution in [3.05, 3.63) is 51.9 Å². The summed E-state index contributed by atoms with van der Waals surface area (Å²) in [6.45, 7) is 0.848. The minimum atomic E-state index is -1.32. The summed E-state index contributed by atoms with van der Waals surface area (Å²) >= 11 is 0. The van der Waals surface area contributed by atoms with Crippen LogP contribution in [0.4, 0.5) is 0 Å². The Hall–Kier alpha value is -2.76. The predicted octanol–water partition coefficient (Wildman–Crippen LogP) is 1.09. The molecule has 0 unspecified atom stereocenters. The molecule has 2 aromatic heterocycles. The van der Waals surface area contributed by atoms with Crippen LogP contribution >= 0.6 is 0 Å². The quantitative estimate of drug-likeness (QED) is 0.433. The van der Waals surface area contributed by atoms with Crippen molar-refractivity contribution in [1.82, 2.24) is 19.1 Å². The van der Waals surface area contributed by atoms with Crippen LogP contribution in [0.3, 0.4) is 0 Å². The molecule has 4 heterocycles. The van der Waals surface area contributed by atoms with Crippen molar-refractivity contribution in [2.75, 3.05) is 7.11 Å². The molecule has 27 heavy (non-hydrogen) atoms. The summed E-state index contributed by atoms with van der Waals surface area (Å²) in [5, 5.41) is 3.80. The first-order valence-electron chi connectivity index (χ1n) is 8.27. The number of fused-ring (bicyclic) bond motifs is 1. The highest BCUT2D eigenvalue weighted by Gasteiger charge is 2.61. The maximum Gasteiger partial charge on any atom is 0.351 e. The zero-order valence-electron chi connectivity index (χ0n) is 14.6. The first-order chi connectivity index (χ1) is 13.1. The second-order valence-electron chi connectivity index (χ2n) is 6.02. The number of ether oxygens (including phenoxy) is 4. The summed E-state index contributed by atoms with van der Waals surface area (Å²) < 4.78 is 25.4. The van der Waals surface area contributed by atoms with Gasteiger partial charge in [0.05, 0.1) is 0 Å². The lowest BCUT2D eigenvalue weighted by molar-refractivity contribution is -0.268. The van der Waals surface area contributed by atoms with Gasteiger partial charge in [-0.15, -0.1) is 0 Å². The standard InChI is InChI=1S/C15H17N7O5/c1-3-15(19-20-16)11-10(25-14(24-2)26-11)12(27-15)22-6-4-9(18-13(22)23)21-7-5-17-8-21/h4-8,10-12,14H,3H2,1-2H3/t10-,11+,12-,14-,15-/m1/s1. The average molecular weight is 375 g/mol. The number of rotatable bonds is 5. The van der Waals surface area contributed by atoms with E-state index in [-0.39, 0.29) is 0 Å². The summed E-state index contributed by atoms with van der Waals surface area (Å²) in [6, 6.07) is 1.64. The Kier molecular flexibility index (Phi) is 4.42. The molecule has 0 aliphatic carbocycles. The van der Waals surface area contributed by atoms with Gasteiger partial charge in [-0.1, -0.05) is 12.0 Å². The van der Waals surface area contributed by atoms with E-state index in [0.29, 0.717) is 12.2 Å². The SMILES string of the molecule is CC[C@@]1(N=[N+]=[N-])O[C@@H](n2ccc(-n3ccnc3)nc2=O)[C@@H]2O[C@@H](OC)O[C@@H]21. The number of azide groups is 1. The molecule has 0 radical (unpaired) electrons. The summed E-state index contributed by atoms with van der Waals surface area (Å²) in [4.78, 5) is 23.5. The van der Waals surface area contributed by atoms with Crippen LogP contribution in [0.5, 0.6) is 0 Å². The van der Waals surface area contributed by atoms with Crippen LogP contribution in [0.15, 0.2) is 40.9 Å². The van der Waals surface area contributed by atoms with Crippen molar-refractivity contribution in [3.8, 4) is 5.82 Å². The third-order valence-electron chi connectivity index (χ3n) is 4.65. The number of hydrogen-bond donors (Lipinski definition) is 0. The average Bonchev–Trinajstić information content (AvgIpc) is 3.39. The molecular formula is C15H17N7O5. The van der Waals surface area contributed by atoms with Crippen LogP contribution < -0.4 is 5.69 Å². The number of methoxy groups -OCH3 is 1. The van der Waals surface area contributed by atoms with E-state index in [1.54, 1.807) is 30.0 Å². The van der Waals surface area contributed by atoms with Crippen molar-refractivity contribution < 1.29 is 18.9 Å². The predicted molar refractivity (Wildman–Crippen MR) is 88.5 cm³/mol. The molecule has 2 saturated heterocycles. The van der Waals surface area contributed by atoms with Gasteiger partial charge in [-0.3, -0.25) is 9.13 Å². The number of aromatic nitrogens is 4. The van der Waals surface area contributed by atoms with Crippen molar-refractivity contribution in [1.29, 1.82) is 0 Å². The first-order valence-corrected chi connectivity index (χ1v) is 8.27. The van der Waals surface area contributed by atoms with Gasteiger partial charge >= 0.3 is 5.69 Å². The van der Waals surface area contributed by atoms with E-state index < -0.39 is 36.3 Å². The number of hydrogen-bond acceptors (Lipinski definition) is 8. The van der Waals surface area contributed by atoms with Crippen molar-refractivity contribution in [2.45, 2.75) is 44.0 Å². The van der Waals surface area contributed by atoms with Gasteiger partial charge < -0.3 is 18.9 Å². The molecule has 0 bridgehead atoms. The normalized spacial score (nSPS) is 32.2. The number of imidazole rings is 1. The maximum absolute atomic E-state index is 12.6. The molecule has 0 saturated carbocycles. The summed E-state index contributed by atoms with van der Waals surface area (Å²) in [5.74, 6) is 0.415. The smallest absolute Gasteiger partial charge is 0.340 e. The van der Waals surface area contributed by atoms with Crippen LogP contribution in [0.1, 0.15) is 19.6 Å². The minimum Gasteiger partial charge on any atom is -0.340 e.